The maximum atomic E-state index is 11.2. The molecule has 0 bridgehead atoms. The largest absolute Gasteiger partial charge is 0.479 e. The molecule has 1 amide bonds. The van der Waals surface area contributed by atoms with Crippen molar-refractivity contribution in [2.24, 2.45) is 0 Å². The number of hydrogen-bond acceptors (Lipinski definition) is 3. The van der Waals surface area contributed by atoms with Gasteiger partial charge in [0.15, 0.2) is 4.87 Å². The first-order valence-electron chi connectivity index (χ1n) is 3.85. The highest BCUT2D eigenvalue weighted by Crippen LogP contribution is 2.44. The van der Waals surface area contributed by atoms with Crippen LogP contribution in [0.4, 0.5) is 0 Å². The molecule has 4 nitrogen and oxygen atoms in total. The second-order valence-corrected chi connectivity index (χ2v) is 4.36. The number of nitrogens with zero attached hydrogens (tertiary/aromatic N) is 1. The summed E-state index contributed by atoms with van der Waals surface area (Å²) < 4.78 is 0. The Labute approximate surface area is 73.9 Å². The molecule has 66 valence electrons. The van der Waals surface area contributed by atoms with E-state index in [4.69, 9.17) is 5.11 Å². The van der Waals surface area contributed by atoms with E-state index in [9.17, 15) is 9.59 Å². The number of fused-ring (bicyclic) bond motifs is 1. The fourth-order valence-electron chi connectivity index (χ4n) is 1.79. The first kappa shape index (κ1) is 7.91. The van der Waals surface area contributed by atoms with E-state index in [2.05, 4.69) is 0 Å². The summed E-state index contributed by atoms with van der Waals surface area (Å²) in [6.45, 7) is 0.593. The first-order valence-corrected chi connectivity index (χ1v) is 4.83. The Kier molecular flexibility index (Phi) is 1.57. The quantitative estimate of drug-likeness (QED) is 0.634. The molecule has 0 aromatic heterocycles. The average molecular weight is 187 g/mol. The number of aliphatic carboxylic acids is 1. The van der Waals surface area contributed by atoms with Gasteiger partial charge >= 0.3 is 5.97 Å². The Hall–Kier alpha value is -0.710. The van der Waals surface area contributed by atoms with Crippen LogP contribution in [0, 0.1) is 0 Å². The van der Waals surface area contributed by atoms with Crippen molar-refractivity contribution in [1.29, 1.82) is 0 Å². The van der Waals surface area contributed by atoms with E-state index < -0.39 is 10.8 Å². The minimum Gasteiger partial charge on any atom is -0.479 e. The molecule has 0 spiro atoms. The predicted octanol–water partition coefficient (Wildman–Crippen LogP) is 0.136. The molecule has 2 aliphatic heterocycles. The minimum atomic E-state index is -0.906. The smallest absolute Gasteiger partial charge is 0.340 e. The molecule has 0 radical (unpaired) electrons. The summed E-state index contributed by atoms with van der Waals surface area (Å²) in [5.74, 6) is -0.129. The van der Waals surface area contributed by atoms with E-state index in [-0.39, 0.29) is 5.91 Å². The lowest BCUT2D eigenvalue weighted by molar-refractivity contribution is -0.147. The Morgan fingerprint density at radius 1 is 1.67 bits per heavy atom. The van der Waals surface area contributed by atoms with Crippen LogP contribution in [-0.4, -0.2) is 39.1 Å². The van der Waals surface area contributed by atoms with Crippen LogP contribution in [0.15, 0.2) is 0 Å². The molecular formula is C7H9NO3S. The van der Waals surface area contributed by atoms with Crippen molar-refractivity contribution >= 4 is 23.6 Å². The Morgan fingerprint density at radius 2 is 2.42 bits per heavy atom. The topological polar surface area (TPSA) is 57.6 Å². The highest BCUT2D eigenvalue weighted by Gasteiger charge is 2.54. The van der Waals surface area contributed by atoms with Gasteiger partial charge in [0.05, 0.1) is 0 Å². The van der Waals surface area contributed by atoms with E-state index in [1.807, 2.05) is 0 Å². The molecule has 2 heterocycles. The number of carbonyl (C=O) groups is 2. The third-order valence-corrected chi connectivity index (χ3v) is 3.87. The van der Waals surface area contributed by atoms with Crippen LogP contribution < -0.4 is 0 Å². The zero-order chi connectivity index (χ0) is 8.77. The number of carbonyl (C=O) groups excluding carboxylic acids is 1. The van der Waals surface area contributed by atoms with Gasteiger partial charge in [0.25, 0.3) is 0 Å². The molecule has 2 saturated heterocycles. The number of rotatable bonds is 1. The normalized spacial score (nSPS) is 34.0. The van der Waals surface area contributed by atoms with Gasteiger partial charge in [0.2, 0.25) is 5.91 Å². The van der Waals surface area contributed by atoms with Gasteiger partial charge in [-0.2, -0.15) is 0 Å². The van der Waals surface area contributed by atoms with Crippen LogP contribution in [0.1, 0.15) is 12.8 Å². The number of carboxylic acids is 1. The molecule has 0 aromatic carbocycles. The minimum absolute atomic E-state index is 0.0117. The molecular weight excluding hydrogens is 178 g/mol. The fraction of sp³-hybridized carbons (Fsp3) is 0.714. The molecule has 0 aromatic rings. The molecule has 12 heavy (non-hydrogen) atoms. The van der Waals surface area contributed by atoms with Gasteiger partial charge in [-0.25, -0.2) is 4.79 Å². The summed E-state index contributed by atoms with van der Waals surface area (Å²) >= 11 is 1.38. The maximum Gasteiger partial charge on any atom is 0.340 e. The Bertz CT molecular complexity index is 255. The van der Waals surface area contributed by atoms with Gasteiger partial charge in [-0.3, -0.25) is 4.79 Å². The van der Waals surface area contributed by atoms with Gasteiger partial charge < -0.3 is 10.0 Å². The second kappa shape index (κ2) is 2.39. The van der Waals surface area contributed by atoms with E-state index in [0.29, 0.717) is 19.4 Å². The third-order valence-electron chi connectivity index (χ3n) is 2.40. The number of carboxylic acid groups (broad SMARTS) is 1. The summed E-state index contributed by atoms with van der Waals surface area (Å²) in [5, 5.41) is 8.98. The van der Waals surface area contributed by atoms with Crippen molar-refractivity contribution in [3.05, 3.63) is 0 Å². The van der Waals surface area contributed by atoms with Crippen molar-refractivity contribution in [1.82, 2.24) is 4.90 Å². The highest BCUT2D eigenvalue weighted by atomic mass is 32.2. The summed E-state index contributed by atoms with van der Waals surface area (Å²) in [5.41, 5.74) is 0. The molecule has 1 N–H and O–H groups in total. The van der Waals surface area contributed by atoms with E-state index >= 15 is 0 Å². The van der Waals surface area contributed by atoms with Crippen molar-refractivity contribution in [3.8, 4) is 0 Å². The predicted molar refractivity (Wildman–Crippen MR) is 43.8 cm³/mol. The van der Waals surface area contributed by atoms with Gasteiger partial charge in [0.1, 0.15) is 0 Å². The van der Waals surface area contributed by atoms with Crippen LogP contribution in [0.5, 0.6) is 0 Å². The highest BCUT2D eigenvalue weighted by molar-refractivity contribution is 8.01. The third kappa shape index (κ3) is 0.798. The first-order chi connectivity index (χ1) is 5.67. The zero-order valence-corrected chi connectivity index (χ0v) is 7.26. The van der Waals surface area contributed by atoms with Crippen LogP contribution in [0.3, 0.4) is 0 Å². The molecule has 2 aliphatic rings. The molecule has 1 unspecified atom stereocenters. The second-order valence-electron chi connectivity index (χ2n) is 2.98. The number of hydrogen-bond donors (Lipinski definition) is 1. The Balaban J connectivity index is 2.35. The van der Waals surface area contributed by atoms with E-state index in [1.54, 1.807) is 0 Å². The lowest BCUT2D eigenvalue weighted by Crippen LogP contribution is -2.45. The van der Waals surface area contributed by atoms with Gasteiger partial charge in [0, 0.05) is 18.7 Å². The molecule has 0 aliphatic carbocycles. The average Bonchev–Trinajstić information content (AvgIpc) is 2.53. The molecule has 2 rings (SSSR count). The Morgan fingerprint density at radius 3 is 3.00 bits per heavy atom. The SMILES string of the molecule is O=C1CCC2(C(=O)O)SCCN12. The molecule has 1 atom stereocenters. The fourth-order valence-corrected chi connectivity index (χ4v) is 3.12. The number of thioether (sulfide) groups is 1. The summed E-state index contributed by atoms with van der Waals surface area (Å²) in [6, 6.07) is 0. The van der Waals surface area contributed by atoms with Crippen molar-refractivity contribution in [2.45, 2.75) is 17.7 Å². The summed E-state index contributed by atoms with van der Waals surface area (Å²) in [4.78, 5) is 22.7. The van der Waals surface area contributed by atoms with Crippen LogP contribution in [0.25, 0.3) is 0 Å². The van der Waals surface area contributed by atoms with E-state index in [0.717, 1.165) is 5.75 Å². The van der Waals surface area contributed by atoms with Crippen LogP contribution in [0.2, 0.25) is 0 Å². The van der Waals surface area contributed by atoms with Crippen molar-refractivity contribution in [3.63, 3.8) is 0 Å². The monoisotopic (exact) mass is 187 g/mol. The van der Waals surface area contributed by atoms with Gasteiger partial charge in [-0.1, -0.05) is 0 Å². The maximum absolute atomic E-state index is 11.2. The number of amides is 1. The molecule has 5 heteroatoms. The summed E-state index contributed by atoms with van der Waals surface area (Å²) in [7, 11) is 0. The molecule has 0 saturated carbocycles. The van der Waals surface area contributed by atoms with Gasteiger partial charge in [-0.15, -0.1) is 11.8 Å². The summed E-state index contributed by atoms with van der Waals surface area (Å²) in [6.07, 6.45) is 0.852. The van der Waals surface area contributed by atoms with Crippen molar-refractivity contribution in [2.75, 3.05) is 12.3 Å². The molecule has 2 fully saturated rings. The van der Waals surface area contributed by atoms with Crippen LogP contribution in [-0.2, 0) is 9.59 Å². The zero-order valence-electron chi connectivity index (χ0n) is 6.45. The van der Waals surface area contributed by atoms with E-state index in [1.165, 1.54) is 16.7 Å². The lowest BCUT2D eigenvalue weighted by atomic mass is 10.2. The van der Waals surface area contributed by atoms with Crippen LogP contribution >= 0.6 is 11.8 Å². The standard InChI is InChI=1S/C7H9NO3S/c9-5-1-2-7(6(10)11)8(5)3-4-12-7/h1-4H2,(H,10,11). The van der Waals surface area contributed by atoms with Crippen molar-refractivity contribution < 1.29 is 14.7 Å². The van der Waals surface area contributed by atoms with Gasteiger partial charge in [-0.05, 0) is 6.42 Å². The lowest BCUT2D eigenvalue weighted by Gasteiger charge is -2.25.